The molecule has 1 aromatic heterocycles. The Kier molecular flexibility index (Phi) is 5.56. The van der Waals surface area contributed by atoms with Gasteiger partial charge in [-0.1, -0.05) is 18.2 Å². The van der Waals surface area contributed by atoms with Crippen LogP contribution in [-0.4, -0.2) is 33.1 Å². The molecule has 6 nitrogen and oxygen atoms in total. The van der Waals surface area contributed by atoms with Crippen LogP contribution in [0.2, 0.25) is 0 Å². The van der Waals surface area contributed by atoms with Gasteiger partial charge in [-0.05, 0) is 6.07 Å². The number of hydrogen-bond acceptors (Lipinski definition) is 4. The zero-order chi connectivity index (χ0) is 16.8. The summed E-state index contributed by atoms with van der Waals surface area (Å²) in [5.41, 5.74) is 7.07. The van der Waals surface area contributed by atoms with E-state index >= 15 is 0 Å². The van der Waals surface area contributed by atoms with Crippen molar-refractivity contribution in [2.45, 2.75) is 6.18 Å². The van der Waals surface area contributed by atoms with Crippen molar-refractivity contribution in [1.82, 2.24) is 9.97 Å². The average Bonchev–Trinajstić information content (AvgIpc) is 2.48. The molecule has 1 amide bonds. The zero-order valence-corrected chi connectivity index (χ0v) is 10.9. The summed E-state index contributed by atoms with van der Waals surface area (Å²) < 4.78 is 31.7. The highest BCUT2D eigenvalue weighted by molar-refractivity contribution is 5.99. The topological polar surface area (TPSA) is 106 Å². The van der Waals surface area contributed by atoms with Crippen LogP contribution < -0.4 is 5.73 Å². The van der Waals surface area contributed by atoms with E-state index in [1.54, 1.807) is 36.8 Å². The Morgan fingerprint density at radius 1 is 1.14 bits per heavy atom. The van der Waals surface area contributed by atoms with Gasteiger partial charge in [0.15, 0.2) is 0 Å². The van der Waals surface area contributed by atoms with Gasteiger partial charge in [0, 0.05) is 23.5 Å². The van der Waals surface area contributed by atoms with Crippen molar-refractivity contribution in [2.24, 2.45) is 5.73 Å². The van der Waals surface area contributed by atoms with E-state index in [1.165, 1.54) is 0 Å². The maximum absolute atomic E-state index is 11.2. The number of aromatic nitrogens is 2. The zero-order valence-electron chi connectivity index (χ0n) is 10.9. The Bertz CT molecular complexity index is 660. The molecule has 0 unspecified atom stereocenters. The molecule has 0 aliphatic heterocycles. The van der Waals surface area contributed by atoms with E-state index in [0.717, 1.165) is 0 Å². The van der Waals surface area contributed by atoms with Crippen molar-refractivity contribution in [3.05, 3.63) is 48.4 Å². The molecule has 0 aliphatic rings. The number of benzene rings is 1. The molecule has 1 aromatic carbocycles. The Morgan fingerprint density at radius 2 is 1.73 bits per heavy atom. The number of aliphatic carboxylic acids is 1. The summed E-state index contributed by atoms with van der Waals surface area (Å²) in [5, 5.41) is 7.12. The number of carbonyl (C=O) groups excluding carboxylic acids is 1. The molecule has 1 heterocycles. The molecule has 0 aliphatic carbocycles. The third kappa shape index (κ3) is 4.85. The van der Waals surface area contributed by atoms with E-state index in [4.69, 9.17) is 15.6 Å². The second-order valence-electron chi connectivity index (χ2n) is 3.80. The SMILES string of the molecule is NC(=O)c1ccccc1-c1cnccn1.O=C(O)C(F)(F)F. The molecule has 0 saturated heterocycles. The fraction of sp³-hybridized carbons (Fsp3) is 0.0769. The summed E-state index contributed by atoms with van der Waals surface area (Å²) in [7, 11) is 0. The van der Waals surface area contributed by atoms with Gasteiger partial charge in [0.2, 0.25) is 5.91 Å². The third-order valence-corrected chi connectivity index (χ3v) is 2.27. The average molecular weight is 313 g/mol. The number of nitrogens with zero attached hydrogens (tertiary/aromatic N) is 2. The lowest BCUT2D eigenvalue weighted by molar-refractivity contribution is -0.192. The number of carboxylic acid groups (broad SMARTS) is 1. The van der Waals surface area contributed by atoms with E-state index in [2.05, 4.69) is 9.97 Å². The minimum Gasteiger partial charge on any atom is -0.475 e. The first-order valence-corrected chi connectivity index (χ1v) is 5.69. The first kappa shape index (κ1) is 17.1. The first-order chi connectivity index (χ1) is 10.2. The predicted octanol–water partition coefficient (Wildman–Crippen LogP) is 1.88. The summed E-state index contributed by atoms with van der Waals surface area (Å²) in [6.07, 6.45) is -0.328. The number of primary amides is 1. The molecular weight excluding hydrogens is 303 g/mol. The van der Waals surface area contributed by atoms with Crippen molar-refractivity contribution < 1.29 is 27.9 Å². The Balaban J connectivity index is 0.000000295. The fourth-order valence-electron chi connectivity index (χ4n) is 1.36. The standard InChI is InChI=1S/C11H9N3O.C2HF3O2/c12-11(15)9-4-2-1-3-8(9)10-7-13-5-6-14-10;3-2(4,5)1(6)7/h1-7H,(H2,12,15);(H,6,7). The van der Waals surface area contributed by atoms with Gasteiger partial charge in [-0.25, -0.2) is 4.79 Å². The van der Waals surface area contributed by atoms with Gasteiger partial charge < -0.3 is 10.8 Å². The largest absolute Gasteiger partial charge is 0.490 e. The van der Waals surface area contributed by atoms with Gasteiger partial charge in [-0.15, -0.1) is 0 Å². The van der Waals surface area contributed by atoms with Crippen LogP contribution in [0.4, 0.5) is 13.2 Å². The number of amides is 1. The molecule has 116 valence electrons. The maximum Gasteiger partial charge on any atom is 0.490 e. The highest BCUT2D eigenvalue weighted by Crippen LogP contribution is 2.19. The molecule has 0 spiro atoms. The third-order valence-electron chi connectivity index (χ3n) is 2.27. The second kappa shape index (κ2) is 7.16. The van der Waals surface area contributed by atoms with Crippen LogP contribution in [0.5, 0.6) is 0 Å². The summed E-state index contributed by atoms with van der Waals surface area (Å²) in [6.45, 7) is 0. The molecule has 2 rings (SSSR count). The van der Waals surface area contributed by atoms with Gasteiger partial charge in [0.05, 0.1) is 11.9 Å². The molecule has 2 aromatic rings. The minimum atomic E-state index is -5.08. The number of carboxylic acids is 1. The predicted molar refractivity (Wildman–Crippen MR) is 69.7 cm³/mol. The Labute approximate surface area is 122 Å². The lowest BCUT2D eigenvalue weighted by atomic mass is 10.0. The van der Waals surface area contributed by atoms with E-state index < -0.39 is 18.1 Å². The van der Waals surface area contributed by atoms with Crippen molar-refractivity contribution in [1.29, 1.82) is 0 Å². The number of halogens is 3. The van der Waals surface area contributed by atoms with Crippen molar-refractivity contribution in [2.75, 3.05) is 0 Å². The molecule has 22 heavy (non-hydrogen) atoms. The molecule has 0 saturated carbocycles. The Morgan fingerprint density at radius 3 is 2.18 bits per heavy atom. The van der Waals surface area contributed by atoms with E-state index in [0.29, 0.717) is 16.8 Å². The summed E-state index contributed by atoms with van der Waals surface area (Å²) >= 11 is 0. The van der Waals surface area contributed by atoms with E-state index in [9.17, 15) is 18.0 Å². The van der Waals surface area contributed by atoms with Crippen molar-refractivity contribution >= 4 is 11.9 Å². The summed E-state index contributed by atoms with van der Waals surface area (Å²) in [5.74, 6) is -3.22. The quantitative estimate of drug-likeness (QED) is 0.880. The number of nitrogens with two attached hydrogens (primary N) is 1. The van der Waals surface area contributed by atoms with Gasteiger partial charge in [0.25, 0.3) is 0 Å². The maximum atomic E-state index is 11.2. The summed E-state index contributed by atoms with van der Waals surface area (Å²) in [4.78, 5) is 28.1. The molecule has 9 heteroatoms. The van der Waals surface area contributed by atoms with Gasteiger partial charge in [0.1, 0.15) is 0 Å². The van der Waals surface area contributed by atoms with Crippen molar-refractivity contribution in [3.8, 4) is 11.3 Å². The van der Waals surface area contributed by atoms with E-state index in [1.807, 2.05) is 6.07 Å². The van der Waals surface area contributed by atoms with Gasteiger partial charge in [-0.2, -0.15) is 13.2 Å². The normalized spacial score (nSPS) is 10.3. The molecule has 0 radical (unpaired) electrons. The minimum absolute atomic E-state index is 0.456. The van der Waals surface area contributed by atoms with E-state index in [-0.39, 0.29) is 0 Å². The lowest BCUT2D eigenvalue weighted by Gasteiger charge is -2.04. The lowest BCUT2D eigenvalue weighted by Crippen LogP contribution is -2.21. The highest BCUT2D eigenvalue weighted by atomic mass is 19.4. The number of hydrogen-bond donors (Lipinski definition) is 2. The number of rotatable bonds is 2. The van der Waals surface area contributed by atoms with Crippen LogP contribution in [0.3, 0.4) is 0 Å². The number of alkyl halides is 3. The smallest absolute Gasteiger partial charge is 0.475 e. The fourth-order valence-corrected chi connectivity index (χ4v) is 1.36. The monoisotopic (exact) mass is 313 g/mol. The highest BCUT2D eigenvalue weighted by Gasteiger charge is 2.38. The molecule has 3 N–H and O–H groups in total. The first-order valence-electron chi connectivity index (χ1n) is 5.69. The Hall–Kier alpha value is -2.97. The van der Waals surface area contributed by atoms with Crippen LogP contribution in [0.1, 0.15) is 10.4 Å². The van der Waals surface area contributed by atoms with Crippen LogP contribution in [-0.2, 0) is 4.79 Å². The molecular formula is C13H10F3N3O3. The van der Waals surface area contributed by atoms with Crippen LogP contribution in [0.25, 0.3) is 11.3 Å². The van der Waals surface area contributed by atoms with Gasteiger partial charge >= 0.3 is 12.1 Å². The summed E-state index contributed by atoms with van der Waals surface area (Å²) in [6, 6.07) is 7.06. The van der Waals surface area contributed by atoms with Crippen molar-refractivity contribution in [3.63, 3.8) is 0 Å². The van der Waals surface area contributed by atoms with Crippen LogP contribution in [0, 0.1) is 0 Å². The van der Waals surface area contributed by atoms with Crippen LogP contribution in [0.15, 0.2) is 42.9 Å². The second-order valence-corrected chi connectivity index (χ2v) is 3.80. The molecule has 0 bridgehead atoms. The molecule has 0 fully saturated rings. The van der Waals surface area contributed by atoms with Gasteiger partial charge in [-0.3, -0.25) is 14.8 Å². The molecule has 0 atom stereocenters. The van der Waals surface area contributed by atoms with Crippen LogP contribution >= 0.6 is 0 Å². The number of carbonyl (C=O) groups is 2.